The molecule has 1 heterocycles. The lowest BCUT2D eigenvalue weighted by Crippen LogP contribution is -2.33. The summed E-state index contributed by atoms with van der Waals surface area (Å²) in [4.78, 5) is 23.9. The van der Waals surface area contributed by atoms with Gasteiger partial charge in [0.15, 0.2) is 0 Å². The number of aryl methyl sites for hydroxylation is 1. The van der Waals surface area contributed by atoms with Gasteiger partial charge in [-0.15, -0.1) is 0 Å². The lowest BCUT2D eigenvalue weighted by atomic mass is 10.0. The summed E-state index contributed by atoms with van der Waals surface area (Å²) in [7, 11) is 0. The van der Waals surface area contributed by atoms with E-state index in [1.807, 2.05) is 37.3 Å². The number of nitrogens with zero attached hydrogens (tertiary/aromatic N) is 1. The van der Waals surface area contributed by atoms with Crippen LogP contribution in [0.15, 0.2) is 53.5 Å². The van der Waals surface area contributed by atoms with Crippen molar-refractivity contribution in [3.05, 3.63) is 64.6 Å². The Kier molecular flexibility index (Phi) is 6.57. The fourth-order valence-corrected chi connectivity index (χ4v) is 2.48. The molecule has 3 N–H and O–H groups in total. The van der Waals surface area contributed by atoms with Gasteiger partial charge >= 0.3 is 6.03 Å². The van der Waals surface area contributed by atoms with Gasteiger partial charge < -0.3 is 20.3 Å². The first-order chi connectivity index (χ1) is 11.6. The Balaban J connectivity index is 2.06. The third-order valence-electron chi connectivity index (χ3n) is 3.74. The van der Waals surface area contributed by atoms with Crippen molar-refractivity contribution in [1.29, 1.82) is 0 Å². The van der Waals surface area contributed by atoms with E-state index in [0.717, 1.165) is 5.56 Å². The maximum absolute atomic E-state index is 12.3. The molecule has 6 heteroatoms. The van der Waals surface area contributed by atoms with Crippen LogP contribution in [0.25, 0.3) is 0 Å². The SMILES string of the molecule is CCn1cc(NC(=O)NC(CCCO)c2ccccc2)ccc1=O. The van der Waals surface area contributed by atoms with E-state index < -0.39 is 0 Å². The number of amides is 2. The molecule has 0 saturated heterocycles. The minimum atomic E-state index is -0.344. The Hall–Kier alpha value is -2.60. The van der Waals surface area contributed by atoms with Gasteiger partial charge in [-0.2, -0.15) is 0 Å². The quantitative estimate of drug-likeness (QED) is 0.730. The highest BCUT2D eigenvalue weighted by Gasteiger charge is 2.14. The highest BCUT2D eigenvalue weighted by Crippen LogP contribution is 2.18. The lowest BCUT2D eigenvalue weighted by Gasteiger charge is -2.19. The number of aromatic nitrogens is 1. The number of carbonyl (C=O) groups excluding carboxylic acids is 1. The van der Waals surface area contributed by atoms with Crippen LogP contribution in [0.4, 0.5) is 10.5 Å². The molecule has 0 aliphatic heterocycles. The number of urea groups is 1. The number of rotatable bonds is 7. The Morgan fingerprint density at radius 2 is 1.96 bits per heavy atom. The van der Waals surface area contributed by atoms with E-state index in [0.29, 0.717) is 25.1 Å². The molecule has 1 unspecified atom stereocenters. The molecule has 0 saturated carbocycles. The number of carbonyl (C=O) groups is 1. The monoisotopic (exact) mass is 329 g/mol. The molecule has 6 nitrogen and oxygen atoms in total. The highest BCUT2D eigenvalue weighted by atomic mass is 16.3. The van der Waals surface area contributed by atoms with E-state index in [4.69, 9.17) is 5.11 Å². The van der Waals surface area contributed by atoms with E-state index in [-0.39, 0.29) is 24.2 Å². The van der Waals surface area contributed by atoms with E-state index in [9.17, 15) is 9.59 Å². The van der Waals surface area contributed by atoms with E-state index >= 15 is 0 Å². The summed E-state index contributed by atoms with van der Waals surface area (Å²) >= 11 is 0. The zero-order chi connectivity index (χ0) is 17.4. The minimum Gasteiger partial charge on any atom is -0.396 e. The number of aliphatic hydroxyl groups is 1. The number of nitrogens with one attached hydrogen (secondary N) is 2. The van der Waals surface area contributed by atoms with Crippen LogP contribution in [-0.4, -0.2) is 22.3 Å². The van der Waals surface area contributed by atoms with Crippen molar-refractivity contribution < 1.29 is 9.90 Å². The molecule has 0 aliphatic carbocycles. The van der Waals surface area contributed by atoms with Gasteiger partial charge in [0.05, 0.1) is 11.7 Å². The molecule has 0 fully saturated rings. The van der Waals surface area contributed by atoms with Crippen LogP contribution in [0.1, 0.15) is 31.4 Å². The van der Waals surface area contributed by atoms with Crippen molar-refractivity contribution in [3.63, 3.8) is 0 Å². The van der Waals surface area contributed by atoms with Gasteiger partial charge in [0.2, 0.25) is 0 Å². The third-order valence-corrected chi connectivity index (χ3v) is 3.74. The summed E-state index contributed by atoms with van der Waals surface area (Å²) in [6, 6.07) is 12.1. The Morgan fingerprint density at radius 1 is 1.21 bits per heavy atom. The topological polar surface area (TPSA) is 83.4 Å². The third kappa shape index (κ3) is 4.96. The predicted molar refractivity (Wildman–Crippen MR) is 94.0 cm³/mol. The molecule has 0 aliphatic rings. The van der Waals surface area contributed by atoms with Crippen LogP contribution in [0.5, 0.6) is 0 Å². The first kappa shape index (κ1) is 17.7. The highest BCUT2D eigenvalue weighted by molar-refractivity contribution is 5.89. The second-order valence-electron chi connectivity index (χ2n) is 5.47. The molecule has 1 aromatic carbocycles. The zero-order valence-electron chi connectivity index (χ0n) is 13.7. The second-order valence-corrected chi connectivity index (χ2v) is 5.47. The Morgan fingerprint density at radius 3 is 2.62 bits per heavy atom. The number of aliphatic hydroxyl groups excluding tert-OH is 1. The lowest BCUT2D eigenvalue weighted by molar-refractivity contribution is 0.243. The van der Waals surface area contributed by atoms with Crippen LogP contribution in [0, 0.1) is 0 Å². The van der Waals surface area contributed by atoms with E-state index in [2.05, 4.69) is 10.6 Å². The Bertz CT molecular complexity index is 713. The molecule has 24 heavy (non-hydrogen) atoms. The predicted octanol–water partition coefficient (Wildman–Crippen LogP) is 2.50. The molecule has 128 valence electrons. The van der Waals surface area contributed by atoms with Crippen LogP contribution >= 0.6 is 0 Å². The van der Waals surface area contributed by atoms with Crippen molar-refractivity contribution in [1.82, 2.24) is 9.88 Å². The molecule has 0 bridgehead atoms. The van der Waals surface area contributed by atoms with Crippen molar-refractivity contribution in [3.8, 4) is 0 Å². The normalized spacial score (nSPS) is 11.8. The second kappa shape index (κ2) is 8.88. The van der Waals surface area contributed by atoms with Crippen molar-refractivity contribution in [2.75, 3.05) is 11.9 Å². The van der Waals surface area contributed by atoms with Crippen LogP contribution in [-0.2, 0) is 6.54 Å². The van der Waals surface area contributed by atoms with Crippen LogP contribution in [0.2, 0.25) is 0 Å². The molecule has 1 aromatic heterocycles. The van der Waals surface area contributed by atoms with Gasteiger partial charge in [-0.05, 0) is 31.4 Å². The van der Waals surface area contributed by atoms with E-state index in [1.165, 1.54) is 10.6 Å². The summed E-state index contributed by atoms with van der Waals surface area (Å²) in [6.45, 7) is 2.48. The maximum Gasteiger partial charge on any atom is 0.319 e. The van der Waals surface area contributed by atoms with Gasteiger partial charge in [-0.1, -0.05) is 30.3 Å². The molecule has 0 radical (unpaired) electrons. The van der Waals surface area contributed by atoms with Gasteiger partial charge in [0.25, 0.3) is 5.56 Å². The smallest absolute Gasteiger partial charge is 0.319 e. The molecule has 2 aromatic rings. The van der Waals surface area contributed by atoms with Gasteiger partial charge in [-0.25, -0.2) is 4.79 Å². The van der Waals surface area contributed by atoms with Gasteiger partial charge in [-0.3, -0.25) is 4.79 Å². The molecule has 0 spiro atoms. The molecule has 1 atom stereocenters. The minimum absolute atomic E-state index is 0.0775. The molecular formula is C18H23N3O3. The average molecular weight is 329 g/mol. The zero-order valence-corrected chi connectivity index (χ0v) is 13.7. The van der Waals surface area contributed by atoms with Crippen molar-refractivity contribution >= 4 is 11.7 Å². The summed E-state index contributed by atoms with van der Waals surface area (Å²) in [5.74, 6) is 0. The fourth-order valence-electron chi connectivity index (χ4n) is 2.48. The summed E-state index contributed by atoms with van der Waals surface area (Å²) in [5.41, 5.74) is 1.44. The molecule has 2 rings (SSSR count). The van der Waals surface area contributed by atoms with Crippen molar-refractivity contribution in [2.24, 2.45) is 0 Å². The van der Waals surface area contributed by atoms with E-state index in [1.54, 1.807) is 12.3 Å². The first-order valence-electron chi connectivity index (χ1n) is 8.08. The number of hydrogen-bond acceptors (Lipinski definition) is 3. The maximum atomic E-state index is 12.3. The standard InChI is InChI=1S/C18H23N3O3/c1-2-21-13-15(10-11-17(21)23)19-18(24)20-16(9-6-12-22)14-7-4-3-5-8-14/h3-5,7-8,10-11,13,16,22H,2,6,9,12H2,1H3,(H2,19,20,24). The average Bonchev–Trinajstić information content (AvgIpc) is 2.61. The van der Waals surface area contributed by atoms with Crippen LogP contribution < -0.4 is 16.2 Å². The Labute approximate surface area is 141 Å². The number of hydrogen-bond donors (Lipinski definition) is 3. The summed E-state index contributed by atoms with van der Waals surface area (Å²) < 4.78 is 1.52. The van der Waals surface area contributed by atoms with Gasteiger partial charge in [0, 0.05) is 25.4 Å². The van der Waals surface area contributed by atoms with Crippen molar-refractivity contribution in [2.45, 2.75) is 32.4 Å². The fraction of sp³-hybridized carbons (Fsp3) is 0.333. The summed E-state index contributed by atoms with van der Waals surface area (Å²) in [5, 5.41) is 14.7. The van der Waals surface area contributed by atoms with Gasteiger partial charge in [0.1, 0.15) is 0 Å². The molecular weight excluding hydrogens is 306 g/mol. The number of benzene rings is 1. The summed E-state index contributed by atoms with van der Waals surface area (Å²) in [6.07, 6.45) is 2.86. The number of pyridine rings is 1. The van der Waals surface area contributed by atoms with Crippen LogP contribution in [0.3, 0.4) is 0 Å². The largest absolute Gasteiger partial charge is 0.396 e. The first-order valence-corrected chi connectivity index (χ1v) is 8.08. The number of anilines is 1. The molecule has 2 amide bonds.